The third-order valence-corrected chi connectivity index (χ3v) is 5.46. The van der Waals surface area contributed by atoms with Gasteiger partial charge in [-0.2, -0.15) is 0 Å². The zero-order valence-corrected chi connectivity index (χ0v) is 17.6. The summed E-state index contributed by atoms with van der Waals surface area (Å²) in [5.41, 5.74) is 0.883. The Hall–Kier alpha value is -2.38. The normalized spacial score (nSPS) is 13.4. The average molecular weight is 436 g/mol. The molecule has 2 aromatic rings. The van der Waals surface area contributed by atoms with Crippen LogP contribution in [0.3, 0.4) is 0 Å². The Balaban J connectivity index is 1.37. The molecule has 0 aliphatic carbocycles. The zero-order chi connectivity index (χ0) is 20.6. The van der Waals surface area contributed by atoms with Gasteiger partial charge in [0.1, 0.15) is 13.2 Å². The second kappa shape index (κ2) is 10.4. The molecule has 1 amide bonds. The molecule has 0 saturated carbocycles. The van der Waals surface area contributed by atoms with Crippen LogP contribution in [0.1, 0.15) is 24.9 Å². The Bertz CT molecular complexity index is 859. The largest absolute Gasteiger partial charge is 0.486 e. The molecule has 0 bridgehead atoms. The van der Waals surface area contributed by atoms with Crippen LogP contribution in [0.2, 0.25) is 5.02 Å². The van der Waals surface area contributed by atoms with Gasteiger partial charge in [0.25, 0.3) is 5.91 Å². The number of carbonyl (C=O) groups excluding carboxylic acids is 2. The molecule has 1 N–H and O–H groups in total. The van der Waals surface area contributed by atoms with Crippen molar-refractivity contribution in [2.75, 3.05) is 25.6 Å². The smallest absolute Gasteiger partial charge is 0.307 e. The third kappa shape index (κ3) is 6.58. The summed E-state index contributed by atoms with van der Waals surface area (Å²) in [5, 5.41) is 3.49. The lowest BCUT2D eigenvalue weighted by atomic mass is 10.1. The number of ether oxygens (including phenoxy) is 3. The fraction of sp³-hybridized carbons (Fsp3) is 0.333. The summed E-state index contributed by atoms with van der Waals surface area (Å²) >= 11 is 7.37. The van der Waals surface area contributed by atoms with E-state index in [-0.39, 0.29) is 25.0 Å². The predicted molar refractivity (Wildman–Crippen MR) is 112 cm³/mol. The SMILES string of the molecule is CC(NC(=O)COC(=O)CCSc1ccc(Cl)cc1)c1ccc2c(c1)OCCO2. The van der Waals surface area contributed by atoms with E-state index in [1.54, 1.807) is 12.1 Å². The molecule has 154 valence electrons. The number of nitrogens with one attached hydrogen (secondary N) is 1. The second-order valence-electron chi connectivity index (χ2n) is 6.41. The van der Waals surface area contributed by atoms with E-state index in [1.165, 1.54) is 11.8 Å². The van der Waals surface area contributed by atoms with Gasteiger partial charge in [-0.1, -0.05) is 17.7 Å². The first kappa shape index (κ1) is 21.3. The van der Waals surface area contributed by atoms with Crippen molar-refractivity contribution in [3.05, 3.63) is 53.1 Å². The topological polar surface area (TPSA) is 73.9 Å². The minimum Gasteiger partial charge on any atom is -0.486 e. The molecule has 0 fully saturated rings. The number of benzene rings is 2. The fourth-order valence-corrected chi connectivity index (χ4v) is 3.66. The van der Waals surface area contributed by atoms with Crippen LogP contribution in [0.25, 0.3) is 0 Å². The maximum absolute atomic E-state index is 12.1. The molecular weight excluding hydrogens is 414 g/mol. The maximum atomic E-state index is 12.1. The van der Waals surface area contributed by atoms with Crippen molar-refractivity contribution in [1.29, 1.82) is 0 Å². The van der Waals surface area contributed by atoms with Crippen molar-refractivity contribution < 1.29 is 23.8 Å². The van der Waals surface area contributed by atoms with Crippen LogP contribution >= 0.6 is 23.4 Å². The molecule has 6 nitrogen and oxygen atoms in total. The molecule has 0 radical (unpaired) electrons. The number of thioether (sulfide) groups is 1. The lowest BCUT2D eigenvalue weighted by molar-refractivity contribution is -0.148. The second-order valence-corrected chi connectivity index (χ2v) is 8.01. The summed E-state index contributed by atoms with van der Waals surface area (Å²) in [5.74, 6) is 1.17. The van der Waals surface area contributed by atoms with Crippen molar-refractivity contribution in [2.24, 2.45) is 0 Å². The Morgan fingerprint density at radius 1 is 1.14 bits per heavy atom. The van der Waals surface area contributed by atoms with Gasteiger partial charge in [0.2, 0.25) is 0 Å². The minimum absolute atomic E-state index is 0.221. The van der Waals surface area contributed by atoms with E-state index in [0.717, 1.165) is 10.5 Å². The molecule has 1 aliphatic heterocycles. The highest BCUT2D eigenvalue weighted by Crippen LogP contribution is 2.32. The van der Waals surface area contributed by atoms with E-state index in [0.29, 0.717) is 35.5 Å². The summed E-state index contributed by atoms with van der Waals surface area (Å²) in [7, 11) is 0. The molecular formula is C21H22ClNO5S. The number of esters is 1. The number of hydrogen-bond donors (Lipinski definition) is 1. The Labute approximate surface area is 178 Å². The number of carbonyl (C=O) groups is 2. The van der Waals surface area contributed by atoms with Gasteiger partial charge in [0.15, 0.2) is 18.1 Å². The number of rotatable bonds is 8. The van der Waals surface area contributed by atoms with Crippen molar-refractivity contribution >= 4 is 35.2 Å². The highest BCUT2D eigenvalue weighted by Gasteiger charge is 2.16. The van der Waals surface area contributed by atoms with E-state index in [1.807, 2.05) is 37.3 Å². The van der Waals surface area contributed by atoms with Crippen molar-refractivity contribution in [3.8, 4) is 11.5 Å². The van der Waals surface area contributed by atoms with E-state index in [2.05, 4.69) is 5.32 Å². The van der Waals surface area contributed by atoms with Crippen LogP contribution in [0.5, 0.6) is 11.5 Å². The third-order valence-electron chi connectivity index (χ3n) is 4.20. The van der Waals surface area contributed by atoms with Crippen molar-refractivity contribution in [1.82, 2.24) is 5.32 Å². The van der Waals surface area contributed by atoms with E-state index >= 15 is 0 Å². The van der Waals surface area contributed by atoms with Gasteiger partial charge in [-0.15, -0.1) is 11.8 Å². The van der Waals surface area contributed by atoms with E-state index < -0.39 is 5.97 Å². The van der Waals surface area contributed by atoms with Crippen LogP contribution in [0.4, 0.5) is 0 Å². The van der Waals surface area contributed by atoms with Gasteiger partial charge < -0.3 is 19.5 Å². The van der Waals surface area contributed by atoms with Gasteiger partial charge in [-0.3, -0.25) is 9.59 Å². The number of halogens is 1. The first-order valence-corrected chi connectivity index (χ1v) is 10.6. The van der Waals surface area contributed by atoms with Crippen LogP contribution < -0.4 is 14.8 Å². The quantitative estimate of drug-likeness (QED) is 0.498. The van der Waals surface area contributed by atoms with E-state index in [4.69, 9.17) is 25.8 Å². The number of fused-ring (bicyclic) bond motifs is 1. The van der Waals surface area contributed by atoms with Gasteiger partial charge in [-0.25, -0.2) is 0 Å². The summed E-state index contributed by atoms with van der Waals surface area (Å²) in [4.78, 5) is 24.9. The highest BCUT2D eigenvalue weighted by molar-refractivity contribution is 7.99. The lowest BCUT2D eigenvalue weighted by Gasteiger charge is -2.21. The first-order valence-electron chi connectivity index (χ1n) is 9.24. The number of amides is 1. The summed E-state index contributed by atoms with van der Waals surface area (Å²) in [6, 6.07) is 12.7. The standard InChI is InChI=1S/C21H22ClNO5S/c1-14(15-2-7-18-19(12-15)27-10-9-26-18)23-20(24)13-28-21(25)8-11-29-17-5-3-16(22)4-6-17/h2-7,12,14H,8-11,13H2,1H3,(H,23,24). The van der Waals surface area contributed by atoms with Gasteiger partial charge in [-0.05, 0) is 48.9 Å². The molecule has 0 aromatic heterocycles. The molecule has 2 aromatic carbocycles. The Morgan fingerprint density at radius 2 is 1.86 bits per heavy atom. The number of hydrogen-bond acceptors (Lipinski definition) is 6. The maximum Gasteiger partial charge on any atom is 0.307 e. The minimum atomic E-state index is -0.409. The van der Waals surface area contributed by atoms with E-state index in [9.17, 15) is 9.59 Å². The molecule has 1 atom stereocenters. The zero-order valence-electron chi connectivity index (χ0n) is 16.0. The molecule has 0 spiro atoms. The monoisotopic (exact) mass is 435 g/mol. The molecule has 0 saturated heterocycles. The highest BCUT2D eigenvalue weighted by atomic mass is 35.5. The molecule has 29 heavy (non-hydrogen) atoms. The first-order chi connectivity index (χ1) is 14.0. The fourth-order valence-electron chi connectivity index (χ4n) is 2.70. The van der Waals surface area contributed by atoms with Gasteiger partial charge >= 0.3 is 5.97 Å². The summed E-state index contributed by atoms with van der Waals surface area (Å²) in [6.07, 6.45) is 0.221. The van der Waals surface area contributed by atoms with Gasteiger partial charge in [0, 0.05) is 15.7 Å². The molecule has 1 heterocycles. The average Bonchev–Trinajstić information content (AvgIpc) is 2.73. The molecule has 1 aliphatic rings. The summed E-state index contributed by atoms with van der Waals surface area (Å²) in [6.45, 7) is 2.58. The van der Waals surface area contributed by atoms with Crippen LogP contribution in [-0.4, -0.2) is 37.4 Å². The molecule has 8 heteroatoms. The van der Waals surface area contributed by atoms with Crippen molar-refractivity contribution in [2.45, 2.75) is 24.3 Å². The van der Waals surface area contributed by atoms with Crippen LogP contribution in [0.15, 0.2) is 47.4 Å². The molecule has 1 unspecified atom stereocenters. The van der Waals surface area contributed by atoms with Crippen LogP contribution in [0, 0.1) is 0 Å². The predicted octanol–water partition coefficient (Wildman–Crippen LogP) is 4.01. The summed E-state index contributed by atoms with van der Waals surface area (Å²) < 4.78 is 16.1. The molecule has 3 rings (SSSR count). The Morgan fingerprint density at radius 3 is 2.62 bits per heavy atom. The van der Waals surface area contributed by atoms with Crippen molar-refractivity contribution in [3.63, 3.8) is 0 Å². The van der Waals surface area contributed by atoms with Crippen LogP contribution in [-0.2, 0) is 14.3 Å². The lowest BCUT2D eigenvalue weighted by Crippen LogP contribution is -2.31. The Kier molecular flexibility index (Phi) is 7.66. The van der Waals surface area contributed by atoms with Gasteiger partial charge in [0.05, 0.1) is 12.5 Å².